The van der Waals surface area contributed by atoms with Crippen molar-refractivity contribution in [3.8, 4) is 5.75 Å². The number of methoxy groups -OCH3 is 1. The summed E-state index contributed by atoms with van der Waals surface area (Å²) in [6.45, 7) is 0.530. The highest BCUT2D eigenvalue weighted by molar-refractivity contribution is 6.08. The monoisotopic (exact) mass is 416 g/mol. The Morgan fingerprint density at radius 1 is 1.10 bits per heavy atom. The molecule has 0 aliphatic heterocycles. The molecule has 0 saturated carbocycles. The third-order valence-corrected chi connectivity index (χ3v) is 4.81. The van der Waals surface area contributed by atoms with Crippen LogP contribution in [0.5, 0.6) is 5.75 Å². The first-order valence-corrected chi connectivity index (χ1v) is 9.60. The summed E-state index contributed by atoms with van der Waals surface area (Å²) >= 11 is 0. The average Bonchev–Trinajstić information content (AvgIpc) is 2.77. The fourth-order valence-corrected chi connectivity index (χ4v) is 3.24. The van der Waals surface area contributed by atoms with Crippen LogP contribution >= 0.6 is 0 Å². The van der Waals surface area contributed by atoms with E-state index < -0.39 is 11.4 Å². The van der Waals surface area contributed by atoms with Gasteiger partial charge in [0.2, 0.25) is 0 Å². The molecule has 0 atom stereocenters. The largest absolute Gasteiger partial charge is 0.493 e. The highest BCUT2D eigenvalue weighted by Gasteiger charge is 2.13. The van der Waals surface area contributed by atoms with Gasteiger partial charge < -0.3 is 9.15 Å². The van der Waals surface area contributed by atoms with E-state index >= 15 is 0 Å². The number of pyridine rings is 1. The molecule has 4 aromatic rings. The van der Waals surface area contributed by atoms with E-state index in [1.54, 1.807) is 30.3 Å². The number of nitrogens with zero attached hydrogens (tertiary/aromatic N) is 1. The summed E-state index contributed by atoms with van der Waals surface area (Å²) in [5.74, 6) is -0.289. The van der Waals surface area contributed by atoms with Crippen molar-refractivity contribution >= 4 is 22.8 Å². The van der Waals surface area contributed by atoms with Crippen LogP contribution in [0.15, 0.2) is 88.3 Å². The minimum atomic E-state index is -0.715. The third-order valence-electron chi connectivity index (χ3n) is 4.81. The van der Waals surface area contributed by atoms with Crippen LogP contribution in [0, 0.1) is 5.82 Å². The molecule has 4 rings (SSSR count). The number of fused-ring (bicyclic) bond motifs is 1. The maximum atomic E-state index is 13.3. The number of halogens is 1. The molecule has 154 valence electrons. The summed E-state index contributed by atoms with van der Waals surface area (Å²) in [6, 6.07) is 16.8. The lowest BCUT2D eigenvalue weighted by Gasteiger charge is -2.04. The number of allylic oxidation sites excluding steroid dienone is 1. The smallest absolute Gasteiger partial charge is 0.347 e. The summed E-state index contributed by atoms with van der Waals surface area (Å²) in [5.41, 5.74) is 1.18. The van der Waals surface area contributed by atoms with Crippen molar-refractivity contribution < 1.29 is 22.9 Å². The van der Waals surface area contributed by atoms with Gasteiger partial charge in [-0.25, -0.2) is 13.8 Å². The third kappa shape index (κ3) is 4.59. The molecule has 0 radical (unpaired) electrons. The summed E-state index contributed by atoms with van der Waals surface area (Å²) < 4.78 is 25.7. The lowest BCUT2D eigenvalue weighted by Crippen LogP contribution is -2.33. The first kappa shape index (κ1) is 20.2. The fourth-order valence-electron chi connectivity index (χ4n) is 3.24. The maximum absolute atomic E-state index is 13.3. The van der Waals surface area contributed by atoms with Crippen LogP contribution in [-0.2, 0) is 6.54 Å². The lowest BCUT2D eigenvalue weighted by atomic mass is 10.1. The Hall–Kier alpha value is -4.06. The van der Waals surface area contributed by atoms with Gasteiger partial charge in [0.05, 0.1) is 7.11 Å². The van der Waals surface area contributed by atoms with E-state index in [0.29, 0.717) is 23.3 Å². The topological polar surface area (TPSA) is 60.4 Å². The number of carbonyl (C=O) groups is 1. The van der Waals surface area contributed by atoms with Crippen LogP contribution in [0.1, 0.15) is 21.5 Å². The quantitative estimate of drug-likeness (QED) is 0.205. The molecule has 6 heteroatoms. The zero-order chi connectivity index (χ0) is 21.8. The van der Waals surface area contributed by atoms with Crippen molar-refractivity contribution in [1.29, 1.82) is 0 Å². The van der Waals surface area contributed by atoms with Crippen LogP contribution in [0.4, 0.5) is 4.39 Å². The van der Waals surface area contributed by atoms with Gasteiger partial charge in [0.15, 0.2) is 36.1 Å². The van der Waals surface area contributed by atoms with Gasteiger partial charge in [-0.05, 0) is 35.9 Å². The van der Waals surface area contributed by atoms with Crippen LogP contribution in [0.3, 0.4) is 0 Å². The van der Waals surface area contributed by atoms with Crippen molar-refractivity contribution in [2.24, 2.45) is 0 Å². The van der Waals surface area contributed by atoms with E-state index in [-0.39, 0.29) is 11.4 Å². The van der Waals surface area contributed by atoms with Crippen LogP contribution < -0.4 is 14.9 Å². The molecule has 2 heterocycles. The molecule has 0 aliphatic rings. The number of aromatic nitrogens is 1. The molecule has 2 aromatic heterocycles. The van der Waals surface area contributed by atoms with E-state index in [4.69, 9.17) is 9.15 Å². The number of hydrogen-bond acceptors (Lipinski definition) is 4. The van der Waals surface area contributed by atoms with Crippen molar-refractivity contribution in [3.05, 3.63) is 112 Å². The normalized spacial score (nSPS) is 11.2. The van der Waals surface area contributed by atoms with Crippen LogP contribution in [0.2, 0.25) is 0 Å². The molecule has 0 fully saturated rings. The Labute approximate surface area is 177 Å². The summed E-state index contributed by atoms with van der Waals surface area (Å²) in [6.07, 6.45) is 6.64. The number of ether oxygens (including phenoxy) is 1. The lowest BCUT2D eigenvalue weighted by molar-refractivity contribution is -0.688. The van der Waals surface area contributed by atoms with E-state index in [1.807, 2.05) is 35.2 Å². The maximum Gasteiger partial charge on any atom is 0.347 e. The second-order valence-electron chi connectivity index (χ2n) is 6.96. The molecule has 31 heavy (non-hydrogen) atoms. The number of ketones is 1. The SMILES string of the molecule is COc1cccc2cc(C(=O)/C=C/c3cc[n+](Cc4cccc(F)c4)cc3)c(=O)oc12. The first-order valence-electron chi connectivity index (χ1n) is 9.60. The standard InChI is InChI=1S/C25H19FNO4/c1-30-23-7-3-5-19-15-21(25(29)31-24(19)23)22(28)9-8-17-10-12-27(13-11-17)16-18-4-2-6-20(26)14-18/h2-15H,16H2,1H3/q+1/b9-8+. The highest BCUT2D eigenvalue weighted by atomic mass is 19.1. The number of hydrogen-bond donors (Lipinski definition) is 0. The predicted octanol–water partition coefficient (Wildman–Crippen LogP) is 4.17. The van der Waals surface area contributed by atoms with Crippen molar-refractivity contribution in [1.82, 2.24) is 0 Å². The Kier molecular flexibility index (Phi) is 5.71. The first-order chi connectivity index (χ1) is 15.0. The summed E-state index contributed by atoms with van der Waals surface area (Å²) in [5, 5.41) is 0.605. The molecular formula is C25H19FNO4+. The van der Waals surface area contributed by atoms with Gasteiger partial charge in [-0.3, -0.25) is 4.79 Å². The Morgan fingerprint density at radius 3 is 2.61 bits per heavy atom. The molecule has 0 saturated heterocycles. The molecular weight excluding hydrogens is 397 g/mol. The van der Waals surface area contributed by atoms with Crippen molar-refractivity contribution in [3.63, 3.8) is 0 Å². The van der Waals surface area contributed by atoms with Gasteiger partial charge in [-0.1, -0.05) is 30.3 Å². The molecule has 0 bridgehead atoms. The number of carbonyl (C=O) groups excluding carboxylic acids is 1. The fraction of sp³-hybridized carbons (Fsp3) is 0.0800. The molecule has 0 amide bonds. The predicted molar refractivity (Wildman–Crippen MR) is 115 cm³/mol. The van der Waals surface area contributed by atoms with Gasteiger partial charge >= 0.3 is 5.63 Å². The van der Waals surface area contributed by atoms with Crippen molar-refractivity contribution in [2.75, 3.05) is 7.11 Å². The molecule has 0 spiro atoms. The highest BCUT2D eigenvalue weighted by Crippen LogP contribution is 2.24. The van der Waals surface area contributed by atoms with Gasteiger partial charge in [0.25, 0.3) is 0 Å². The van der Waals surface area contributed by atoms with E-state index in [2.05, 4.69) is 0 Å². The zero-order valence-corrected chi connectivity index (χ0v) is 16.7. The van der Waals surface area contributed by atoms with E-state index in [0.717, 1.165) is 11.1 Å². The van der Waals surface area contributed by atoms with Crippen LogP contribution in [0.25, 0.3) is 17.0 Å². The van der Waals surface area contributed by atoms with Gasteiger partial charge in [0.1, 0.15) is 11.4 Å². The zero-order valence-electron chi connectivity index (χ0n) is 16.7. The molecule has 0 unspecified atom stereocenters. The Balaban J connectivity index is 1.51. The minimum Gasteiger partial charge on any atom is -0.493 e. The summed E-state index contributed by atoms with van der Waals surface area (Å²) in [7, 11) is 1.48. The second kappa shape index (κ2) is 8.75. The Bertz CT molecular complexity index is 1340. The molecule has 5 nitrogen and oxygen atoms in total. The minimum absolute atomic E-state index is 0.0471. The Morgan fingerprint density at radius 2 is 1.87 bits per heavy atom. The van der Waals surface area contributed by atoms with E-state index in [1.165, 1.54) is 31.4 Å². The van der Waals surface area contributed by atoms with Crippen LogP contribution in [-0.4, -0.2) is 12.9 Å². The van der Waals surface area contributed by atoms with Gasteiger partial charge in [-0.2, -0.15) is 0 Å². The number of para-hydroxylation sites is 1. The van der Waals surface area contributed by atoms with Gasteiger partial charge in [0, 0.05) is 23.1 Å². The number of rotatable bonds is 6. The average molecular weight is 416 g/mol. The second-order valence-corrected chi connectivity index (χ2v) is 6.96. The van der Waals surface area contributed by atoms with Gasteiger partial charge in [-0.15, -0.1) is 0 Å². The van der Waals surface area contributed by atoms with Crippen molar-refractivity contribution in [2.45, 2.75) is 6.54 Å². The molecule has 0 N–H and O–H groups in total. The molecule has 0 aliphatic carbocycles. The molecule has 2 aromatic carbocycles. The number of benzene rings is 2. The summed E-state index contributed by atoms with van der Waals surface area (Å²) in [4.78, 5) is 24.8. The van der Waals surface area contributed by atoms with E-state index in [9.17, 15) is 14.0 Å².